The van der Waals surface area contributed by atoms with E-state index in [4.69, 9.17) is 9.84 Å². The molecule has 0 unspecified atom stereocenters. The summed E-state index contributed by atoms with van der Waals surface area (Å²) in [6, 6.07) is 0. The summed E-state index contributed by atoms with van der Waals surface area (Å²) >= 11 is 0. The van der Waals surface area contributed by atoms with Gasteiger partial charge in [0.05, 0.1) is 6.61 Å². The fourth-order valence-corrected chi connectivity index (χ4v) is 1.57. The number of carbonyl (C=O) groups is 2. The Morgan fingerprint density at radius 1 is 1.47 bits per heavy atom. The van der Waals surface area contributed by atoms with Crippen LogP contribution < -0.4 is 5.56 Å². The molecular weight excluding hydrogens is 256 g/mol. The molecule has 9 nitrogen and oxygen atoms in total. The second-order valence-corrected chi connectivity index (χ2v) is 3.56. The smallest absolute Gasteiger partial charge is 0.345 e. The number of carboxylic acids is 1. The molecule has 0 atom stereocenters. The zero-order valence-electron chi connectivity index (χ0n) is 9.94. The number of hydrogen-bond donors (Lipinski definition) is 1. The molecule has 19 heavy (non-hydrogen) atoms. The van der Waals surface area contributed by atoms with Crippen LogP contribution in [0.2, 0.25) is 0 Å². The van der Waals surface area contributed by atoms with Gasteiger partial charge in [0.25, 0.3) is 5.56 Å². The highest BCUT2D eigenvalue weighted by Gasteiger charge is 2.18. The Hall–Kier alpha value is -2.71. The number of esters is 1. The molecule has 0 radical (unpaired) electrons. The van der Waals surface area contributed by atoms with Crippen LogP contribution in [0, 0.1) is 0 Å². The third-order valence-electron chi connectivity index (χ3n) is 2.30. The number of hydrogen-bond acceptors (Lipinski definition) is 6. The third kappa shape index (κ3) is 2.30. The number of nitrogens with zero attached hydrogens (tertiary/aromatic N) is 4. The van der Waals surface area contributed by atoms with E-state index in [0.29, 0.717) is 0 Å². The Morgan fingerprint density at radius 3 is 2.84 bits per heavy atom. The van der Waals surface area contributed by atoms with Crippen LogP contribution in [0.4, 0.5) is 0 Å². The van der Waals surface area contributed by atoms with Crippen LogP contribution in [-0.2, 0) is 16.1 Å². The van der Waals surface area contributed by atoms with E-state index in [1.54, 1.807) is 6.92 Å². The number of fused-ring (bicyclic) bond motifs is 1. The lowest BCUT2D eigenvalue weighted by atomic mass is 10.3. The van der Waals surface area contributed by atoms with Gasteiger partial charge in [-0.25, -0.2) is 4.79 Å². The van der Waals surface area contributed by atoms with Gasteiger partial charge in [0, 0.05) is 6.20 Å². The van der Waals surface area contributed by atoms with E-state index in [1.165, 1.54) is 0 Å². The minimum absolute atomic E-state index is 0.0421. The molecule has 0 aliphatic rings. The summed E-state index contributed by atoms with van der Waals surface area (Å²) in [6.07, 6.45) is 2.21. The van der Waals surface area contributed by atoms with Crippen LogP contribution in [0.3, 0.4) is 0 Å². The summed E-state index contributed by atoms with van der Waals surface area (Å²) in [4.78, 5) is 38.1. The summed E-state index contributed by atoms with van der Waals surface area (Å²) in [5.41, 5.74) is -0.992. The molecule has 2 rings (SSSR count). The summed E-state index contributed by atoms with van der Waals surface area (Å²) in [7, 11) is 0. The van der Waals surface area contributed by atoms with Crippen molar-refractivity contribution < 1.29 is 19.4 Å². The first kappa shape index (κ1) is 12.7. The molecule has 0 spiro atoms. The average Bonchev–Trinajstić information content (AvgIpc) is 2.82. The van der Waals surface area contributed by atoms with Gasteiger partial charge in [-0.3, -0.25) is 9.59 Å². The maximum atomic E-state index is 11.9. The maximum absolute atomic E-state index is 11.9. The number of aromatic nitrogens is 4. The molecule has 0 fully saturated rings. The molecular formula is C10H10N4O5. The molecule has 0 aliphatic heterocycles. The standard InChI is InChI=1S/C10H10N4O5/c1-2-19-9(18)6-3-13(4-7(15)16)10-11-5-12-14(10)8(6)17/h3,5H,2,4H2,1H3,(H,15,16). The Bertz CT molecular complexity index is 701. The molecule has 1 N–H and O–H groups in total. The van der Waals surface area contributed by atoms with E-state index >= 15 is 0 Å². The topological polar surface area (TPSA) is 116 Å². The number of carbonyl (C=O) groups excluding carboxylic acids is 1. The van der Waals surface area contributed by atoms with Gasteiger partial charge in [0.2, 0.25) is 5.78 Å². The van der Waals surface area contributed by atoms with E-state index in [0.717, 1.165) is 21.6 Å². The van der Waals surface area contributed by atoms with Crippen LogP contribution in [0.25, 0.3) is 5.78 Å². The lowest BCUT2D eigenvalue weighted by Crippen LogP contribution is -2.28. The van der Waals surface area contributed by atoms with Crippen molar-refractivity contribution >= 4 is 17.7 Å². The first-order valence-electron chi connectivity index (χ1n) is 5.36. The van der Waals surface area contributed by atoms with Crippen molar-refractivity contribution in [3.63, 3.8) is 0 Å². The summed E-state index contributed by atoms with van der Waals surface area (Å²) in [5.74, 6) is -1.92. The largest absolute Gasteiger partial charge is 0.480 e. The second kappa shape index (κ2) is 4.88. The fraction of sp³-hybridized carbons (Fsp3) is 0.300. The van der Waals surface area contributed by atoms with Gasteiger partial charge in [0.1, 0.15) is 18.4 Å². The molecule has 2 heterocycles. The lowest BCUT2D eigenvalue weighted by molar-refractivity contribution is -0.137. The Morgan fingerprint density at radius 2 is 2.21 bits per heavy atom. The van der Waals surface area contributed by atoms with Crippen molar-refractivity contribution in [3.05, 3.63) is 28.4 Å². The van der Waals surface area contributed by atoms with Crippen molar-refractivity contribution in [1.82, 2.24) is 19.2 Å². The Labute approximate surface area is 106 Å². The molecule has 0 aliphatic carbocycles. The van der Waals surface area contributed by atoms with E-state index in [2.05, 4.69) is 10.1 Å². The number of carboxylic acid groups (broad SMARTS) is 1. The summed E-state index contributed by atoms with van der Waals surface area (Å²) in [6.45, 7) is 1.25. The van der Waals surface area contributed by atoms with Crippen LogP contribution in [-0.4, -0.2) is 42.8 Å². The lowest BCUT2D eigenvalue weighted by Gasteiger charge is -2.07. The summed E-state index contributed by atoms with van der Waals surface area (Å²) in [5, 5.41) is 12.5. The molecule has 0 saturated heterocycles. The number of aliphatic carboxylic acids is 1. The van der Waals surface area contributed by atoms with Gasteiger partial charge >= 0.3 is 11.9 Å². The van der Waals surface area contributed by atoms with Crippen molar-refractivity contribution in [2.45, 2.75) is 13.5 Å². The zero-order valence-corrected chi connectivity index (χ0v) is 9.94. The van der Waals surface area contributed by atoms with E-state index in [1.807, 2.05) is 0 Å². The normalized spacial score (nSPS) is 10.6. The molecule has 2 aromatic heterocycles. The predicted molar refractivity (Wildman–Crippen MR) is 60.8 cm³/mol. The van der Waals surface area contributed by atoms with Gasteiger partial charge < -0.3 is 14.4 Å². The van der Waals surface area contributed by atoms with E-state index < -0.39 is 24.0 Å². The highest BCUT2D eigenvalue weighted by atomic mass is 16.5. The van der Waals surface area contributed by atoms with Gasteiger partial charge in [0.15, 0.2) is 0 Å². The third-order valence-corrected chi connectivity index (χ3v) is 2.30. The Kier molecular flexibility index (Phi) is 3.27. The quantitative estimate of drug-likeness (QED) is 0.716. The fourth-order valence-electron chi connectivity index (χ4n) is 1.57. The van der Waals surface area contributed by atoms with Crippen LogP contribution in [0.1, 0.15) is 17.3 Å². The molecule has 9 heteroatoms. The van der Waals surface area contributed by atoms with Gasteiger partial charge in [-0.2, -0.15) is 14.6 Å². The highest BCUT2D eigenvalue weighted by molar-refractivity contribution is 5.88. The molecule has 0 amide bonds. The maximum Gasteiger partial charge on any atom is 0.345 e. The van der Waals surface area contributed by atoms with E-state index in [9.17, 15) is 14.4 Å². The molecule has 0 saturated carbocycles. The van der Waals surface area contributed by atoms with Crippen molar-refractivity contribution in [1.29, 1.82) is 0 Å². The van der Waals surface area contributed by atoms with Gasteiger partial charge in [-0.05, 0) is 6.92 Å². The second-order valence-electron chi connectivity index (χ2n) is 3.56. The number of ether oxygens (including phenoxy) is 1. The molecule has 0 aromatic carbocycles. The SMILES string of the molecule is CCOC(=O)c1cn(CC(=O)O)c2ncnn2c1=O. The van der Waals surface area contributed by atoms with Crippen LogP contribution >= 0.6 is 0 Å². The number of rotatable bonds is 4. The van der Waals surface area contributed by atoms with Crippen LogP contribution in [0.15, 0.2) is 17.3 Å². The highest BCUT2D eigenvalue weighted by Crippen LogP contribution is 2.01. The molecule has 2 aromatic rings. The monoisotopic (exact) mass is 266 g/mol. The van der Waals surface area contributed by atoms with Gasteiger partial charge in [-0.15, -0.1) is 0 Å². The molecule has 0 bridgehead atoms. The predicted octanol–water partition coefficient (Wildman–Crippen LogP) is -0.848. The van der Waals surface area contributed by atoms with Crippen molar-refractivity contribution in [3.8, 4) is 0 Å². The first-order chi connectivity index (χ1) is 9.04. The summed E-state index contributed by atoms with van der Waals surface area (Å²) < 4.78 is 6.73. The Balaban J connectivity index is 2.65. The average molecular weight is 266 g/mol. The van der Waals surface area contributed by atoms with Crippen molar-refractivity contribution in [2.24, 2.45) is 0 Å². The van der Waals surface area contributed by atoms with E-state index in [-0.39, 0.29) is 17.9 Å². The molecule has 100 valence electrons. The first-order valence-corrected chi connectivity index (χ1v) is 5.36. The minimum Gasteiger partial charge on any atom is -0.480 e. The van der Waals surface area contributed by atoms with Crippen LogP contribution in [0.5, 0.6) is 0 Å². The van der Waals surface area contributed by atoms with Crippen molar-refractivity contribution in [2.75, 3.05) is 6.61 Å². The minimum atomic E-state index is -1.14. The van der Waals surface area contributed by atoms with Gasteiger partial charge in [-0.1, -0.05) is 0 Å². The zero-order chi connectivity index (χ0) is 14.0.